The molecule has 0 aromatic heterocycles. The predicted octanol–water partition coefficient (Wildman–Crippen LogP) is 3.64. The number of nitrogens with one attached hydrogen (secondary N) is 1. The fraction of sp³-hybridized carbons (Fsp3) is 0.400. The van der Waals surface area contributed by atoms with Crippen LogP contribution in [-0.2, 0) is 10.0 Å². The highest BCUT2D eigenvalue weighted by molar-refractivity contribution is 7.92. The summed E-state index contributed by atoms with van der Waals surface area (Å²) in [7, 11) is -1.43. The first-order valence-corrected chi connectivity index (χ1v) is 11.2. The molecule has 0 bridgehead atoms. The molecule has 1 aliphatic heterocycles. The van der Waals surface area contributed by atoms with Crippen LogP contribution in [0.1, 0.15) is 18.4 Å². The van der Waals surface area contributed by atoms with Crippen molar-refractivity contribution in [2.75, 3.05) is 48.6 Å². The number of nitrogens with zero attached hydrogens (tertiary/aromatic N) is 2. The fourth-order valence-corrected chi connectivity index (χ4v) is 4.93. The third kappa shape index (κ3) is 5.37. The molecule has 2 aromatic carbocycles. The molecule has 7 heteroatoms. The van der Waals surface area contributed by atoms with Gasteiger partial charge in [0.25, 0.3) is 0 Å². The lowest BCUT2D eigenvalue weighted by atomic mass is 10.0. The number of hydrogen-bond acceptors (Lipinski definition) is 4. The van der Waals surface area contributed by atoms with Gasteiger partial charge in [-0.2, -0.15) is 0 Å². The summed E-state index contributed by atoms with van der Waals surface area (Å²) in [5, 5.41) is 0.515. The summed E-state index contributed by atoms with van der Waals surface area (Å²) in [4.78, 5) is 4.46. The normalized spacial score (nSPS) is 16.9. The number of sulfonamides is 1. The number of rotatable bonds is 6. The third-order valence-corrected chi connectivity index (χ3v) is 6.61. The molecule has 1 heterocycles. The highest BCUT2D eigenvalue weighted by Gasteiger charge is 2.22. The van der Waals surface area contributed by atoms with Crippen LogP contribution >= 0.6 is 11.6 Å². The number of anilines is 2. The lowest BCUT2D eigenvalue weighted by Crippen LogP contribution is -2.44. The number of likely N-dealkylation sites (N-methyl/N-ethyl adjacent to an activating group) is 1. The second-order valence-electron chi connectivity index (χ2n) is 7.15. The summed E-state index contributed by atoms with van der Waals surface area (Å²) in [6.07, 6.45) is 0. The molecular weight excluding hydrogens is 382 g/mol. The van der Waals surface area contributed by atoms with E-state index in [1.54, 1.807) is 12.1 Å². The van der Waals surface area contributed by atoms with Gasteiger partial charge in [-0.05, 0) is 36.7 Å². The monoisotopic (exact) mass is 407 g/mol. The molecule has 5 nitrogen and oxygen atoms in total. The largest absolute Gasteiger partial charge is 0.367 e. The molecular formula is C20H26ClN3O2S. The summed E-state index contributed by atoms with van der Waals surface area (Å²) in [6, 6.07) is 15.1. The molecule has 1 unspecified atom stereocenters. The molecule has 3 rings (SSSR count). The Kier molecular flexibility index (Phi) is 6.29. The van der Waals surface area contributed by atoms with Crippen LogP contribution in [0.5, 0.6) is 0 Å². The number of benzene rings is 2. The van der Waals surface area contributed by atoms with Crippen LogP contribution < -0.4 is 9.62 Å². The Labute approximate surface area is 167 Å². The van der Waals surface area contributed by atoms with Gasteiger partial charge in [-0.25, -0.2) is 8.42 Å². The van der Waals surface area contributed by atoms with Gasteiger partial charge in [0.05, 0.1) is 17.1 Å². The Morgan fingerprint density at radius 2 is 1.74 bits per heavy atom. The van der Waals surface area contributed by atoms with Gasteiger partial charge in [-0.3, -0.25) is 4.72 Å². The molecule has 1 aliphatic rings. The van der Waals surface area contributed by atoms with Gasteiger partial charge in [0, 0.05) is 31.2 Å². The molecule has 0 spiro atoms. The minimum atomic E-state index is -3.52. The van der Waals surface area contributed by atoms with Crippen molar-refractivity contribution in [1.29, 1.82) is 0 Å². The van der Waals surface area contributed by atoms with Gasteiger partial charge in [-0.15, -0.1) is 0 Å². The van der Waals surface area contributed by atoms with Crippen molar-refractivity contribution in [3.8, 4) is 0 Å². The lowest BCUT2D eigenvalue weighted by Gasteiger charge is -2.35. The smallest absolute Gasteiger partial charge is 0.233 e. The number of hydrogen-bond donors (Lipinski definition) is 1. The van der Waals surface area contributed by atoms with Crippen molar-refractivity contribution < 1.29 is 8.42 Å². The molecule has 0 saturated carbocycles. The first-order chi connectivity index (χ1) is 12.8. The minimum Gasteiger partial charge on any atom is -0.367 e. The van der Waals surface area contributed by atoms with E-state index in [-0.39, 0.29) is 11.7 Å². The highest BCUT2D eigenvalue weighted by atomic mass is 35.5. The van der Waals surface area contributed by atoms with E-state index in [0.717, 1.165) is 37.4 Å². The zero-order valence-corrected chi connectivity index (χ0v) is 17.3. The third-order valence-electron chi connectivity index (χ3n) is 4.91. The second kappa shape index (κ2) is 8.50. The average Bonchev–Trinajstić information content (AvgIpc) is 2.63. The van der Waals surface area contributed by atoms with Crippen molar-refractivity contribution in [2.24, 2.45) is 0 Å². The van der Waals surface area contributed by atoms with Crippen LogP contribution in [0.4, 0.5) is 11.4 Å². The lowest BCUT2D eigenvalue weighted by molar-refractivity contribution is 0.313. The summed E-state index contributed by atoms with van der Waals surface area (Å²) < 4.78 is 28.4. The van der Waals surface area contributed by atoms with Gasteiger partial charge >= 0.3 is 0 Å². The topological polar surface area (TPSA) is 52.7 Å². The first-order valence-electron chi connectivity index (χ1n) is 9.12. The minimum absolute atomic E-state index is 0.0195. The summed E-state index contributed by atoms with van der Waals surface area (Å²) >= 11 is 6.15. The Hall–Kier alpha value is -1.76. The summed E-state index contributed by atoms with van der Waals surface area (Å²) in [5.74, 6) is -0.0823. The van der Waals surface area contributed by atoms with Gasteiger partial charge in [0.1, 0.15) is 0 Å². The number of halogens is 1. The van der Waals surface area contributed by atoms with Crippen LogP contribution in [-0.4, -0.2) is 52.3 Å². The van der Waals surface area contributed by atoms with Crippen LogP contribution in [0.25, 0.3) is 0 Å². The molecule has 1 atom stereocenters. The summed E-state index contributed by atoms with van der Waals surface area (Å²) in [5.41, 5.74) is 2.43. The molecule has 1 fully saturated rings. The van der Waals surface area contributed by atoms with Gasteiger partial charge < -0.3 is 9.80 Å². The summed E-state index contributed by atoms with van der Waals surface area (Å²) in [6.45, 7) is 5.52. The Morgan fingerprint density at radius 3 is 2.41 bits per heavy atom. The van der Waals surface area contributed by atoms with Gasteiger partial charge in [-0.1, -0.05) is 48.9 Å². The average molecular weight is 408 g/mol. The Morgan fingerprint density at radius 1 is 1.07 bits per heavy atom. The molecule has 146 valence electrons. The maximum absolute atomic E-state index is 12.8. The van der Waals surface area contributed by atoms with Crippen LogP contribution in [0.3, 0.4) is 0 Å². The molecule has 27 heavy (non-hydrogen) atoms. The zero-order valence-electron chi connectivity index (χ0n) is 15.7. The predicted molar refractivity (Wildman–Crippen MR) is 113 cm³/mol. The van der Waals surface area contributed by atoms with E-state index in [1.807, 2.05) is 43.3 Å². The van der Waals surface area contributed by atoms with E-state index in [1.165, 1.54) is 0 Å². The molecule has 0 aliphatic carbocycles. The van der Waals surface area contributed by atoms with Gasteiger partial charge in [0.2, 0.25) is 10.0 Å². The van der Waals surface area contributed by atoms with Crippen LogP contribution in [0.15, 0.2) is 48.5 Å². The quantitative estimate of drug-likeness (QED) is 0.794. The van der Waals surface area contributed by atoms with Gasteiger partial charge in [0.15, 0.2) is 0 Å². The Bertz CT molecular complexity index is 866. The standard InChI is InChI=1S/C20H26ClN3O2S/c1-16(17-6-4-3-5-7-17)15-27(25,26)22-19-14-18(21)8-9-20(19)24-12-10-23(2)11-13-24/h3-9,14,16,22H,10-13,15H2,1-2H3. The molecule has 2 aromatic rings. The van der Waals surface area contributed by atoms with Crippen molar-refractivity contribution >= 4 is 33.0 Å². The fourth-order valence-electron chi connectivity index (χ4n) is 3.33. The molecule has 0 radical (unpaired) electrons. The van der Waals surface area contributed by atoms with Crippen LogP contribution in [0, 0.1) is 0 Å². The van der Waals surface area contributed by atoms with Crippen molar-refractivity contribution in [1.82, 2.24) is 4.90 Å². The Balaban J connectivity index is 1.78. The maximum atomic E-state index is 12.8. The molecule has 0 amide bonds. The maximum Gasteiger partial charge on any atom is 0.233 e. The van der Waals surface area contributed by atoms with Crippen molar-refractivity contribution in [2.45, 2.75) is 12.8 Å². The highest BCUT2D eigenvalue weighted by Crippen LogP contribution is 2.31. The molecule has 1 saturated heterocycles. The zero-order chi connectivity index (χ0) is 19.4. The first kappa shape index (κ1) is 20.0. The molecule has 1 N–H and O–H groups in total. The van der Waals surface area contributed by atoms with E-state index in [9.17, 15) is 8.42 Å². The number of piperazine rings is 1. The van der Waals surface area contributed by atoms with Crippen LogP contribution in [0.2, 0.25) is 5.02 Å². The van der Waals surface area contributed by atoms with E-state index >= 15 is 0 Å². The van der Waals surface area contributed by atoms with E-state index in [0.29, 0.717) is 10.7 Å². The van der Waals surface area contributed by atoms with E-state index < -0.39 is 10.0 Å². The van der Waals surface area contributed by atoms with E-state index in [2.05, 4.69) is 21.6 Å². The second-order valence-corrected chi connectivity index (χ2v) is 9.35. The SMILES string of the molecule is CC(CS(=O)(=O)Nc1cc(Cl)ccc1N1CCN(C)CC1)c1ccccc1. The van der Waals surface area contributed by atoms with Crippen molar-refractivity contribution in [3.63, 3.8) is 0 Å². The van der Waals surface area contributed by atoms with E-state index in [4.69, 9.17) is 11.6 Å². The van der Waals surface area contributed by atoms with Crippen molar-refractivity contribution in [3.05, 3.63) is 59.1 Å².